The predicted molar refractivity (Wildman–Crippen MR) is 42.6 cm³/mol. The number of allylic oxidation sites excluding steroid dienone is 2. The third-order valence-electron chi connectivity index (χ3n) is 3.35. The average molecular weight is 278 g/mol. The molecule has 102 valence electrons. The van der Waals surface area contributed by atoms with Crippen LogP contribution in [0.5, 0.6) is 0 Å². The summed E-state index contributed by atoms with van der Waals surface area (Å²) in [6, 6.07) is 0. The van der Waals surface area contributed by atoms with Crippen molar-refractivity contribution in [3.8, 4) is 0 Å². The highest BCUT2D eigenvalue weighted by Crippen LogP contribution is 2.72. The standard InChI is InChI=1S/C9H5F7O2/c10-4-5(11)8(14)6(12,1-3(17)18)2-7(4,13)9(8,15)16/h1-2H2,(H,17,18). The molecule has 0 aromatic carbocycles. The number of alkyl halides is 5. The second-order valence-corrected chi connectivity index (χ2v) is 4.37. The zero-order valence-corrected chi connectivity index (χ0v) is 8.42. The average Bonchev–Trinajstić information content (AvgIpc) is 2.37. The highest BCUT2D eigenvalue weighted by atomic mass is 19.3. The molecule has 0 aromatic rings. The predicted octanol–water partition coefficient (Wildman–Crippen LogP) is 2.79. The van der Waals surface area contributed by atoms with Crippen molar-refractivity contribution in [1.29, 1.82) is 0 Å². The zero-order chi connectivity index (χ0) is 14.1. The normalized spacial score (nSPS) is 45.7. The van der Waals surface area contributed by atoms with Crippen LogP contribution in [0.15, 0.2) is 11.7 Å². The van der Waals surface area contributed by atoms with E-state index in [-0.39, 0.29) is 0 Å². The fourth-order valence-electron chi connectivity index (χ4n) is 2.47. The summed E-state index contributed by atoms with van der Waals surface area (Å²) in [7, 11) is 0. The number of carboxylic acids is 1. The van der Waals surface area contributed by atoms with Crippen LogP contribution in [0, 0.1) is 0 Å². The van der Waals surface area contributed by atoms with Gasteiger partial charge in [0.25, 0.3) is 5.67 Å². The summed E-state index contributed by atoms with van der Waals surface area (Å²) < 4.78 is 93.9. The van der Waals surface area contributed by atoms with E-state index in [1.165, 1.54) is 0 Å². The minimum atomic E-state index is -5.33. The molecule has 2 nitrogen and oxygen atoms in total. The van der Waals surface area contributed by atoms with E-state index in [1.807, 2.05) is 0 Å². The van der Waals surface area contributed by atoms with E-state index in [2.05, 4.69) is 0 Å². The molecule has 2 rings (SSSR count). The van der Waals surface area contributed by atoms with Crippen LogP contribution in [-0.4, -0.2) is 34.0 Å². The molecule has 18 heavy (non-hydrogen) atoms. The first-order chi connectivity index (χ1) is 7.94. The first kappa shape index (κ1) is 13.2. The third kappa shape index (κ3) is 0.997. The van der Waals surface area contributed by atoms with Gasteiger partial charge in [0.1, 0.15) is 0 Å². The number of fused-ring (bicyclic) bond motifs is 2. The maximum absolute atomic E-state index is 13.9. The van der Waals surface area contributed by atoms with Crippen molar-refractivity contribution in [3.05, 3.63) is 11.7 Å². The minimum absolute atomic E-state index is 1.90. The van der Waals surface area contributed by atoms with Crippen molar-refractivity contribution in [1.82, 2.24) is 0 Å². The number of aliphatic carboxylic acids is 1. The second-order valence-electron chi connectivity index (χ2n) is 4.37. The smallest absolute Gasteiger partial charge is 0.331 e. The molecule has 1 saturated carbocycles. The summed E-state index contributed by atoms with van der Waals surface area (Å²) in [6.07, 6.45) is -3.99. The summed E-state index contributed by atoms with van der Waals surface area (Å²) in [5.74, 6) is -13.0. The quantitative estimate of drug-likeness (QED) is 0.789. The molecule has 0 aromatic heterocycles. The molecule has 3 unspecified atom stereocenters. The number of carbonyl (C=O) groups is 1. The Morgan fingerprint density at radius 1 is 1.11 bits per heavy atom. The van der Waals surface area contributed by atoms with Crippen molar-refractivity contribution in [2.75, 3.05) is 0 Å². The van der Waals surface area contributed by atoms with Crippen LogP contribution in [0.3, 0.4) is 0 Å². The molecule has 0 radical (unpaired) electrons. The fraction of sp³-hybridized carbons (Fsp3) is 0.667. The molecule has 0 heterocycles. The molecule has 0 amide bonds. The third-order valence-corrected chi connectivity index (χ3v) is 3.35. The molecular formula is C9H5F7O2. The van der Waals surface area contributed by atoms with Gasteiger partial charge in [-0.05, 0) is 0 Å². The first-order valence-electron chi connectivity index (χ1n) is 4.66. The van der Waals surface area contributed by atoms with Crippen molar-refractivity contribution in [2.24, 2.45) is 0 Å². The van der Waals surface area contributed by atoms with E-state index < -0.39 is 53.4 Å². The molecule has 9 heteroatoms. The maximum Gasteiger partial charge on any atom is 0.331 e. The van der Waals surface area contributed by atoms with Gasteiger partial charge < -0.3 is 5.11 Å². The number of halogens is 7. The molecule has 0 aliphatic heterocycles. The van der Waals surface area contributed by atoms with Gasteiger partial charge in [0.2, 0.25) is 5.67 Å². The first-order valence-corrected chi connectivity index (χ1v) is 4.66. The molecule has 2 bridgehead atoms. The summed E-state index contributed by atoms with van der Waals surface area (Å²) in [6.45, 7) is 0. The SMILES string of the molecule is O=C(O)CC1(F)CC2(F)C(F)=C(F)C1(F)C2(F)F. The number of hydrogen-bond acceptors (Lipinski definition) is 1. The lowest BCUT2D eigenvalue weighted by atomic mass is 9.83. The molecule has 3 atom stereocenters. The topological polar surface area (TPSA) is 37.3 Å². The van der Waals surface area contributed by atoms with Gasteiger partial charge in [0.15, 0.2) is 17.3 Å². The van der Waals surface area contributed by atoms with Gasteiger partial charge in [0, 0.05) is 6.42 Å². The van der Waals surface area contributed by atoms with Crippen LogP contribution in [0.4, 0.5) is 30.7 Å². The van der Waals surface area contributed by atoms with E-state index >= 15 is 0 Å². The van der Waals surface area contributed by atoms with E-state index in [0.717, 1.165) is 0 Å². The van der Waals surface area contributed by atoms with E-state index in [4.69, 9.17) is 5.11 Å². The van der Waals surface area contributed by atoms with Crippen LogP contribution in [0.2, 0.25) is 0 Å². The lowest BCUT2D eigenvalue weighted by molar-refractivity contribution is -0.177. The Balaban J connectivity index is 2.66. The van der Waals surface area contributed by atoms with Crippen molar-refractivity contribution >= 4 is 5.97 Å². The van der Waals surface area contributed by atoms with Gasteiger partial charge in [-0.25, -0.2) is 22.0 Å². The van der Waals surface area contributed by atoms with Gasteiger partial charge in [-0.1, -0.05) is 0 Å². The molecule has 0 saturated heterocycles. The Kier molecular flexibility index (Phi) is 2.19. The minimum Gasteiger partial charge on any atom is -0.481 e. The molecular weight excluding hydrogens is 273 g/mol. The zero-order valence-electron chi connectivity index (χ0n) is 8.42. The van der Waals surface area contributed by atoms with Gasteiger partial charge in [-0.15, -0.1) is 0 Å². The Bertz CT molecular complexity index is 476. The number of carboxylic acid groups (broad SMARTS) is 1. The summed E-state index contributed by atoms with van der Waals surface area (Å²) >= 11 is 0. The molecule has 2 aliphatic rings. The highest BCUT2D eigenvalue weighted by Gasteiger charge is 2.92. The van der Waals surface area contributed by atoms with Gasteiger partial charge in [0.05, 0.1) is 6.42 Å². The Labute approximate surface area is 95.1 Å². The molecule has 2 aliphatic carbocycles. The van der Waals surface area contributed by atoms with Crippen LogP contribution < -0.4 is 0 Å². The fourth-order valence-corrected chi connectivity index (χ4v) is 2.47. The molecule has 0 spiro atoms. The maximum atomic E-state index is 13.9. The second kappa shape index (κ2) is 3.00. The highest BCUT2D eigenvalue weighted by molar-refractivity contribution is 5.70. The number of rotatable bonds is 2. The van der Waals surface area contributed by atoms with Crippen LogP contribution in [-0.2, 0) is 4.79 Å². The lowest BCUT2D eigenvalue weighted by Crippen LogP contribution is -2.54. The van der Waals surface area contributed by atoms with Crippen molar-refractivity contribution in [2.45, 2.75) is 35.8 Å². The molecule has 1 N–H and O–H groups in total. The molecule has 1 fully saturated rings. The Morgan fingerprint density at radius 3 is 1.94 bits per heavy atom. The van der Waals surface area contributed by atoms with E-state index in [1.54, 1.807) is 0 Å². The van der Waals surface area contributed by atoms with Crippen LogP contribution >= 0.6 is 0 Å². The summed E-state index contributed by atoms with van der Waals surface area (Å²) in [4.78, 5) is 10.3. The lowest BCUT2D eigenvalue weighted by Gasteiger charge is -2.32. The van der Waals surface area contributed by atoms with Gasteiger partial charge in [-0.2, -0.15) is 8.78 Å². The monoisotopic (exact) mass is 278 g/mol. The van der Waals surface area contributed by atoms with Gasteiger partial charge >= 0.3 is 11.9 Å². The van der Waals surface area contributed by atoms with Crippen molar-refractivity contribution in [3.63, 3.8) is 0 Å². The van der Waals surface area contributed by atoms with Gasteiger partial charge in [-0.3, -0.25) is 4.79 Å². The van der Waals surface area contributed by atoms with Crippen LogP contribution in [0.25, 0.3) is 0 Å². The summed E-state index contributed by atoms with van der Waals surface area (Å²) in [5, 5.41) is 8.28. The Morgan fingerprint density at radius 2 is 1.61 bits per heavy atom. The van der Waals surface area contributed by atoms with E-state index in [9.17, 15) is 35.5 Å². The summed E-state index contributed by atoms with van der Waals surface area (Å²) in [5.41, 5.74) is -13.5. The largest absolute Gasteiger partial charge is 0.481 e. The van der Waals surface area contributed by atoms with Crippen LogP contribution in [0.1, 0.15) is 12.8 Å². The number of hydrogen-bond donors (Lipinski definition) is 1. The Hall–Kier alpha value is -1.28. The van der Waals surface area contributed by atoms with E-state index in [0.29, 0.717) is 0 Å². The van der Waals surface area contributed by atoms with Crippen molar-refractivity contribution < 1.29 is 40.6 Å².